The molecular formula is C17H17N3O. The van der Waals surface area contributed by atoms with Gasteiger partial charge in [-0.2, -0.15) is 5.10 Å². The zero-order valence-corrected chi connectivity index (χ0v) is 12.1. The van der Waals surface area contributed by atoms with Gasteiger partial charge < -0.3 is 5.11 Å². The van der Waals surface area contributed by atoms with Crippen LogP contribution in [0, 0.1) is 0 Å². The molecule has 0 radical (unpaired) electrons. The van der Waals surface area contributed by atoms with E-state index in [1.165, 1.54) is 0 Å². The largest absolute Gasteiger partial charge is 0.387 e. The summed E-state index contributed by atoms with van der Waals surface area (Å²) in [6.45, 7) is 1.72. The predicted molar refractivity (Wildman–Crippen MR) is 82.5 cm³/mol. The maximum absolute atomic E-state index is 9.66. The summed E-state index contributed by atoms with van der Waals surface area (Å²) in [5, 5.41) is 13.9. The number of nitrogens with zero attached hydrogens (tertiary/aromatic N) is 3. The van der Waals surface area contributed by atoms with Gasteiger partial charge in [-0.05, 0) is 31.2 Å². The molecule has 0 fully saturated rings. The fourth-order valence-corrected chi connectivity index (χ4v) is 2.34. The van der Waals surface area contributed by atoms with Gasteiger partial charge in [0.1, 0.15) is 0 Å². The second-order valence-electron chi connectivity index (χ2n) is 5.04. The molecule has 0 saturated carbocycles. The number of hydrogen-bond donors (Lipinski definition) is 1. The number of aryl methyl sites for hydroxylation is 1. The first kappa shape index (κ1) is 13.5. The quantitative estimate of drug-likeness (QED) is 0.801. The van der Waals surface area contributed by atoms with Crippen LogP contribution < -0.4 is 0 Å². The second kappa shape index (κ2) is 5.50. The molecule has 1 atom stereocenters. The third kappa shape index (κ3) is 2.71. The van der Waals surface area contributed by atoms with Crippen molar-refractivity contribution < 1.29 is 5.11 Å². The molecule has 21 heavy (non-hydrogen) atoms. The highest BCUT2D eigenvalue weighted by molar-refractivity contribution is 5.69. The summed E-state index contributed by atoms with van der Waals surface area (Å²) in [7, 11) is 1.92. The van der Waals surface area contributed by atoms with Gasteiger partial charge >= 0.3 is 0 Å². The summed E-state index contributed by atoms with van der Waals surface area (Å²) in [5.41, 5.74) is 4.72. The van der Waals surface area contributed by atoms with Crippen LogP contribution in [0.1, 0.15) is 18.7 Å². The summed E-state index contributed by atoms with van der Waals surface area (Å²) in [4.78, 5) is 4.51. The minimum atomic E-state index is -0.565. The molecule has 1 N–H and O–H groups in total. The zero-order valence-electron chi connectivity index (χ0n) is 12.1. The van der Waals surface area contributed by atoms with Crippen molar-refractivity contribution >= 4 is 0 Å². The number of hydrogen-bond acceptors (Lipinski definition) is 3. The Kier molecular flexibility index (Phi) is 3.54. The lowest BCUT2D eigenvalue weighted by molar-refractivity contribution is 0.194. The van der Waals surface area contributed by atoms with E-state index in [1.54, 1.807) is 13.1 Å². The number of pyridine rings is 1. The maximum atomic E-state index is 9.66. The van der Waals surface area contributed by atoms with Crippen molar-refractivity contribution in [2.45, 2.75) is 13.0 Å². The van der Waals surface area contributed by atoms with Gasteiger partial charge in [-0.15, -0.1) is 0 Å². The number of benzene rings is 1. The monoisotopic (exact) mass is 279 g/mol. The molecule has 4 heteroatoms. The van der Waals surface area contributed by atoms with E-state index in [2.05, 4.69) is 22.2 Å². The summed E-state index contributed by atoms with van der Waals surface area (Å²) in [6.07, 6.45) is 1.22. The first-order valence-electron chi connectivity index (χ1n) is 6.89. The molecule has 0 aliphatic rings. The molecule has 2 aromatic heterocycles. The van der Waals surface area contributed by atoms with Crippen LogP contribution in [-0.2, 0) is 7.05 Å². The molecule has 3 aromatic rings. The first-order valence-corrected chi connectivity index (χ1v) is 6.89. The molecule has 2 heterocycles. The fourth-order valence-electron chi connectivity index (χ4n) is 2.34. The molecule has 106 valence electrons. The van der Waals surface area contributed by atoms with Crippen molar-refractivity contribution in [3.8, 4) is 22.5 Å². The third-order valence-corrected chi connectivity index (χ3v) is 3.47. The van der Waals surface area contributed by atoms with Crippen molar-refractivity contribution in [1.29, 1.82) is 0 Å². The lowest BCUT2D eigenvalue weighted by atomic mass is 10.0. The smallest absolute Gasteiger partial charge is 0.0932 e. The molecule has 4 nitrogen and oxygen atoms in total. The Balaban J connectivity index is 2.04. The summed E-state index contributed by atoms with van der Waals surface area (Å²) < 4.78 is 1.85. The first-order chi connectivity index (χ1) is 10.1. The number of aliphatic hydroxyl groups is 1. The zero-order chi connectivity index (χ0) is 14.8. The molecule has 0 amide bonds. The van der Waals surface area contributed by atoms with Gasteiger partial charge in [0, 0.05) is 24.4 Å². The van der Waals surface area contributed by atoms with E-state index in [0.717, 1.165) is 22.5 Å². The summed E-state index contributed by atoms with van der Waals surface area (Å²) in [6, 6.07) is 15.9. The maximum Gasteiger partial charge on any atom is 0.0932 e. The van der Waals surface area contributed by atoms with Crippen molar-refractivity contribution in [2.24, 2.45) is 7.05 Å². The van der Waals surface area contributed by atoms with Crippen LogP contribution in [0.25, 0.3) is 22.5 Å². The van der Waals surface area contributed by atoms with Crippen LogP contribution in [0.5, 0.6) is 0 Å². The normalized spacial score (nSPS) is 12.3. The molecule has 1 aromatic carbocycles. The molecular weight excluding hydrogens is 262 g/mol. The van der Waals surface area contributed by atoms with Gasteiger partial charge in [0.2, 0.25) is 0 Å². The Morgan fingerprint density at radius 1 is 1.05 bits per heavy atom. The number of aromatic nitrogens is 3. The standard InChI is InChI=1S/C17H17N3O/c1-12(21)15-7-4-8-16(19-15)13-5-3-6-14(11-13)17-9-10-18-20(17)2/h3-12,21H,1-2H3/t12-/m1/s1. The van der Waals surface area contributed by atoms with E-state index in [0.29, 0.717) is 5.69 Å². The summed E-state index contributed by atoms with van der Waals surface area (Å²) in [5.74, 6) is 0. The average Bonchev–Trinajstić information content (AvgIpc) is 2.94. The Labute approximate surface area is 123 Å². The lowest BCUT2D eigenvalue weighted by Gasteiger charge is -2.08. The Morgan fingerprint density at radius 2 is 1.81 bits per heavy atom. The minimum absolute atomic E-state index is 0.565. The van der Waals surface area contributed by atoms with Gasteiger partial charge in [-0.1, -0.05) is 24.3 Å². The molecule has 0 unspecified atom stereocenters. The summed E-state index contributed by atoms with van der Waals surface area (Å²) >= 11 is 0. The second-order valence-corrected chi connectivity index (χ2v) is 5.04. The topological polar surface area (TPSA) is 50.9 Å². The van der Waals surface area contributed by atoms with Gasteiger partial charge in [-0.25, -0.2) is 0 Å². The van der Waals surface area contributed by atoms with Gasteiger partial charge in [-0.3, -0.25) is 9.67 Å². The van der Waals surface area contributed by atoms with E-state index in [-0.39, 0.29) is 0 Å². The van der Waals surface area contributed by atoms with E-state index in [9.17, 15) is 5.11 Å². The van der Waals surface area contributed by atoms with Crippen molar-refractivity contribution in [3.05, 3.63) is 60.4 Å². The van der Waals surface area contributed by atoms with E-state index in [1.807, 2.05) is 48.1 Å². The average molecular weight is 279 g/mol. The molecule has 0 spiro atoms. The van der Waals surface area contributed by atoms with E-state index < -0.39 is 6.10 Å². The van der Waals surface area contributed by atoms with Crippen LogP contribution in [0.2, 0.25) is 0 Å². The number of aliphatic hydroxyl groups excluding tert-OH is 1. The van der Waals surface area contributed by atoms with Crippen molar-refractivity contribution in [3.63, 3.8) is 0 Å². The minimum Gasteiger partial charge on any atom is -0.387 e. The van der Waals surface area contributed by atoms with Gasteiger partial charge in [0.25, 0.3) is 0 Å². The van der Waals surface area contributed by atoms with Gasteiger partial charge in [0.05, 0.1) is 23.2 Å². The van der Waals surface area contributed by atoms with Crippen LogP contribution in [-0.4, -0.2) is 19.9 Å². The molecule has 3 rings (SSSR count). The van der Waals surface area contributed by atoms with Crippen LogP contribution in [0.15, 0.2) is 54.7 Å². The SMILES string of the molecule is C[C@@H](O)c1cccc(-c2cccc(-c3ccnn3C)c2)n1. The third-order valence-electron chi connectivity index (χ3n) is 3.47. The highest BCUT2D eigenvalue weighted by Gasteiger charge is 2.07. The molecule has 0 aliphatic heterocycles. The van der Waals surface area contributed by atoms with Crippen LogP contribution >= 0.6 is 0 Å². The fraction of sp³-hybridized carbons (Fsp3) is 0.176. The van der Waals surface area contributed by atoms with E-state index in [4.69, 9.17) is 0 Å². The molecule has 0 aliphatic carbocycles. The van der Waals surface area contributed by atoms with Crippen molar-refractivity contribution in [2.75, 3.05) is 0 Å². The Hall–Kier alpha value is -2.46. The highest BCUT2D eigenvalue weighted by atomic mass is 16.3. The Bertz CT molecular complexity index is 762. The predicted octanol–water partition coefficient (Wildman–Crippen LogP) is 3.20. The highest BCUT2D eigenvalue weighted by Crippen LogP contribution is 2.25. The number of rotatable bonds is 3. The van der Waals surface area contributed by atoms with Crippen LogP contribution in [0.4, 0.5) is 0 Å². The molecule has 0 saturated heterocycles. The van der Waals surface area contributed by atoms with Crippen molar-refractivity contribution in [1.82, 2.24) is 14.8 Å². The van der Waals surface area contributed by atoms with E-state index >= 15 is 0 Å². The molecule has 0 bridgehead atoms. The lowest BCUT2D eigenvalue weighted by Crippen LogP contribution is -1.97. The Morgan fingerprint density at radius 3 is 2.52 bits per heavy atom. The van der Waals surface area contributed by atoms with Crippen LogP contribution in [0.3, 0.4) is 0 Å². The van der Waals surface area contributed by atoms with Gasteiger partial charge in [0.15, 0.2) is 0 Å².